The molecule has 112 valence electrons. The van der Waals surface area contributed by atoms with Gasteiger partial charge in [-0.15, -0.1) is 0 Å². The molecule has 2 heteroatoms. The molecular formula is C18H30N2. The van der Waals surface area contributed by atoms with Gasteiger partial charge in [0.25, 0.3) is 0 Å². The van der Waals surface area contributed by atoms with Gasteiger partial charge in [-0.05, 0) is 57.7 Å². The van der Waals surface area contributed by atoms with E-state index in [1.54, 1.807) is 0 Å². The number of para-hydroxylation sites is 1. The van der Waals surface area contributed by atoms with Crippen molar-refractivity contribution in [2.45, 2.75) is 65.0 Å². The van der Waals surface area contributed by atoms with E-state index < -0.39 is 0 Å². The van der Waals surface area contributed by atoms with Gasteiger partial charge in [0.1, 0.15) is 0 Å². The molecule has 1 aliphatic heterocycles. The minimum Gasteiger partial charge on any atom is -0.366 e. The van der Waals surface area contributed by atoms with Gasteiger partial charge in [-0.1, -0.05) is 32.0 Å². The highest BCUT2D eigenvalue weighted by Crippen LogP contribution is 2.37. The molecule has 0 saturated carbocycles. The third kappa shape index (κ3) is 3.17. The Morgan fingerprint density at radius 2 is 2.00 bits per heavy atom. The van der Waals surface area contributed by atoms with Gasteiger partial charge in [0.15, 0.2) is 0 Å². The van der Waals surface area contributed by atoms with E-state index in [1.807, 2.05) is 0 Å². The summed E-state index contributed by atoms with van der Waals surface area (Å²) in [6, 6.07) is 9.44. The molecule has 2 nitrogen and oxygen atoms in total. The van der Waals surface area contributed by atoms with Crippen molar-refractivity contribution in [2.75, 3.05) is 18.0 Å². The Morgan fingerprint density at radius 3 is 2.60 bits per heavy atom. The highest BCUT2D eigenvalue weighted by atomic mass is 15.2. The van der Waals surface area contributed by atoms with Crippen LogP contribution >= 0.6 is 0 Å². The molecule has 0 aliphatic carbocycles. The van der Waals surface area contributed by atoms with Gasteiger partial charge in [-0.2, -0.15) is 0 Å². The summed E-state index contributed by atoms with van der Waals surface area (Å²) in [5.74, 6) is 0. The van der Waals surface area contributed by atoms with Gasteiger partial charge in [0, 0.05) is 23.8 Å². The number of anilines is 1. The Labute approximate surface area is 124 Å². The van der Waals surface area contributed by atoms with Crippen molar-refractivity contribution in [1.82, 2.24) is 5.32 Å². The van der Waals surface area contributed by atoms with Crippen molar-refractivity contribution in [3.05, 3.63) is 29.8 Å². The van der Waals surface area contributed by atoms with E-state index in [0.717, 1.165) is 13.0 Å². The number of benzene rings is 1. The minimum atomic E-state index is 0.291. The SMILES string of the molecule is CCCNC(CC)c1ccccc1N1CCCC1(C)C. The molecule has 1 N–H and O–H groups in total. The number of hydrogen-bond acceptors (Lipinski definition) is 2. The van der Waals surface area contributed by atoms with Gasteiger partial charge in [-0.3, -0.25) is 0 Å². The lowest BCUT2D eigenvalue weighted by atomic mass is 9.97. The molecule has 0 radical (unpaired) electrons. The van der Waals surface area contributed by atoms with E-state index in [-0.39, 0.29) is 0 Å². The standard InChI is InChI=1S/C18H30N2/c1-5-13-19-16(6-2)15-10-7-8-11-17(15)20-14-9-12-18(20,3)4/h7-8,10-11,16,19H,5-6,9,12-14H2,1-4H3. The summed E-state index contributed by atoms with van der Waals surface area (Å²) < 4.78 is 0. The summed E-state index contributed by atoms with van der Waals surface area (Å²) in [5, 5.41) is 3.70. The van der Waals surface area contributed by atoms with Crippen molar-refractivity contribution in [1.29, 1.82) is 0 Å². The first-order valence-corrected chi connectivity index (χ1v) is 8.20. The maximum absolute atomic E-state index is 3.70. The molecule has 1 aromatic carbocycles. The number of hydrogen-bond donors (Lipinski definition) is 1. The molecule has 1 fully saturated rings. The first-order chi connectivity index (χ1) is 9.60. The van der Waals surface area contributed by atoms with Crippen LogP contribution in [0, 0.1) is 0 Å². The summed E-state index contributed by atoms with van der Waals surface area (Å²) in [5.41, 5.74) is 3.20. The lowest BCUT2D eigenvalue weighted by Crippen LogP contribution is -2.39. The zero-order valence-corrected chi connectivity index (χ0v) is 13.6. The van der Waals surface area contributed by atoms with Crippen LogP contribution in [0.25, 0.3) is 0 Å². The molecule has 1 heterocycles. The number of nitrogens with zero attached hydrogens (tertiary/aromatic N) is 1. The van der Waals surface area contributed by atoms with Crippen molar-refractivity contribution in [3.63, 3.8) is 0 Å². The van der Waals surface area contributed by atoms with Crippen molar-refractivity contribution >= 4 is 5.69 Å². The zero-order chi connectivity index (χ0) is 14.6. The van der Waals surface area contributed by atoms with E-state index in [2.05, 4.69) is 62.2 Å². The first-order valence-electron chi connectivity index (χ1n) is 8.20. The van der Waals surface area contributed by atoms with Crippen LogP contribution in [0.4, 0.5) is 5.69 Å². The Balaban J connectivity index is 2.29. The van der Waals surface area contributed by atoms with E-state index in [9.17, 15) is 0 Å². The molecule has 20 heavy (non-hydrogen) atoms. The van der Waals surface area contributed by atoms with E-state index in [4.69, 9.17) is 0 Å². The quantitative estimate of drug-likeness (QED) is 0.820. The molecule has 1 atom stereocenters. The number of rotatable bonds is 6. The predicted octanol–water partition coefficient (Wildman–Crippen LogP) is 4.52. The zero-order valence-electron chi connectivity index (χ0n) is 13.6. The molecule has 0 spiro atoms. The fourth-order valence-corrected chi connectivity index (χ4v) is 3.37. The Hall–Kier alpha value is -1.02. The molecule has 2 rings (SSSR count). The van der Waals surface area contributed by atoms with Crippen molar-refractivity contribution in [3.8, 4) is 0 Å². The maximum Gasteiger partial charge on any atom is 0.0419 e. The van der Waals surface area contributed by atoms with Crippen LogP contribution in [0.5, 0.6) is 0 Å². The molecule has 0 amide bonds. The summed E-state index contributed by atoms with van der Waals surface area (Å²) in [6.07, 6.45) is 4.93. The van der Waals surface area contributed by atoms with Crippen LogP contribution < -0.4 is 10.2 Å². The van der Waals surface area contributed by atoms with E-state index >= 15 is 0 Å². The molecule has 1 unspecified atom stereocenters. The molecule has 1 aliphatic rings. The maximum atomic E-state index is 3.70. The second-order valence-electron chi connectivity index (χ2n) is 6.54. The lowest BCUT2D eigenvalue weighted by molar-refractivity contribution is 0.498. The highest BCUT2D eigenvalue weighted by molar-refractivity contribution is 5.57. The topological polar surface area (TPSA) is 15.3 Å². The summed E-state index contributed by atoms with van der Waals surface area (Å²) in [4.78, 5) is 2.61. The molecular weight excluding hydrogens is 244 g/mol. The fraction of sp³-hybridized carbons (Fsp3) is 0.667. The van der Waals surface area contributed by atoms with E-state index in [0.29, 0.717) is 11.6 Å². The van der Waals surface area contributed by atoms with Gasteiger partial charge in [0.05, 0.1) is 0 Å². The monoisotopic (exact) mass is 274 g/mol. The Kier molecular flexibility index (Phi) is 5.09. The normalized spacial score (nSPS) is 19.3. The van der Waals surface area contributed by atoms with Gasteiger partial charge in [0.2, 0.25) is 0 Å². The summed E-state index contributed by atoms with van der Waals surface area (Å²) in [7, 11) is 0. The molecule has 1 aromatic rings. The van der Waals surface area contributed by atoms with E-state index in [1.165, 1.54) is 37.1 Å². The van der Waals surface area contributed by atoms with Gasteiger partial charge >= 0.3 is 0 Å². The Bertz CT molecular complexity index is 425. The fourth-order valence-electron chi connectivity index (χ4n) is 3.37. The van der Waals surface area contributed by atoms with Gasteiger partial charge in [-0.25, -0.2) is 0 Å². The van der Waals surface area contributed by atoms with Crippen LogP contribution in [-0.4, -0.2) is 18.6 Å². The minimum absolute atomic E-state index is 0.291. The largest absolute Gasteiger partial charge is 0.366 e. The number of nitrogens with one attached hydrogen (secondary N) is 1. The first kappa shape index (κ1) is 15.4. The van der Waals surface area contributed by atoms with Crippen molar-refractivity contribution in [2.24, 2.45) is 0 Å². The Morgan fingerprint density at radius 1 is 1.25 bits per heavy atom. The van der Waals surface area contributed by atoms with Crippen molar-refractivity contribution < 1.29 is 0 Å². The average molecular weight is 274 g/mol. The van der Waals surface area contributed by atoms with Crippen LogP contribution in [0.2, 0.25) is 0 Å². The summed E-state index contributed by atoms with van der Waals surface area (Å²) >= 11 is 0. The predicted molar refractivity (Wildman–Crippen MR) is 88.4 cm³/mol. The molecule has 1 saturated heterocycles. The second kappa shape index (κ2) is 6.62. The highest BCUT2D eigenvalue weighted by Gasteiger charge is 2.33. The third-order valence-electron chi connectivity index (χ3n) is 4.55. The second-order valence-corrected chi connectivity index (χ2v) is 6.54. The smallest absolute Gasteiger partial charge is 0.0419 e. The molecule has 0 bridgehead atoms. The van der Waals surface area contributed by atoms with Gasteiger partial charge < -0.3 is 10.2 Å². The van der Waals surface area contributed by atoms with Crippen LogP contribution in [0.15, 0.2) is 24.3 Å². The van der Waals surface area contributed by atoms with Crippen LogP contribution in [0.3, 0.4) is 0 Å². The van der Waals surface area contributed by atoms with Crippen LogP contribution in [-0.2, 0) is 0 Å². The third-order valence-corrected chi connectivity index (χ3v) is 4.55. The summed E-state index contributed by atoms with van der Waals surface area (Å²) in [6.45, 7) is 11.5. The average Bonchev–Trinajstić information content (AvgIpc) is 2.79. The lowest BCUT2D eigenvalue weighted by Gasteiger charge is -2.36. The van der Waals surface area contributed by atoms with Crippen LogP contribution in [0.1, 0.15) is 65.0 Å². The molecule has 0 aromatic heterocycles.